The average molecular weight is 888 g/mol. The van der Waals surface area contributed by atoms with Gasteiger partial charge in [-0.25, -0.2) is 19.2 Å². The van der Waals surface area contributed by atoms with E-state index in [1.54, 1.807) is 121 Å². The number of nitrogens with zero attached hydrogens (tertiary/aromatic N) is 1. The number of aryl methyl sites for hydroxylation is 1. The third kappa shape index (κ3) is 10.4. The van der Waals surface area contributed by atoms with Crippen LogP contribution in [0.5, 0.6) is 5.88 Å². The van der Waals surface area contributed by atoms with E-state index in [1.807, 2.05) is 39.0 Å². The van der Waals surface area contributed by atoms with Crippen molar-refractivity contribution in [2.75, 3.05) is 6.61 Å². The molecule has 0 bridgehead atoms. The van der Waals surface area contributed by atoms with Gasteiger partial charge in [0.05, 0.1) is 22.3 Å². The average Bonchev–Trinajstić information content (AvgIpc) is 3.68. The molecule has 1 aliphatic heterocycles. The van der Waals surface area contributed by atoms with E-state index in [2.05, 4.69) is 26.1 Å². The van der Waals surface area contributed by atoms with Crippen molar-refractivity contribution in [3.05, 3.63) is 189 Å². The summed E-state index contributed by atoms with van der Waals surface area (Å²) in [6.45, 7) is 5.53. The maximum Gasteiger partial charge on any atom is 0.338 e. The summed E-state index contributed by atoms with van der Waals surface area (Å²) >= 11 is 3.55. The van der Waals surface area contributed by atoms with Crippen LogP contribution in [-0.2, 0) is 30.1 Å². The summed E-state index contributed by atoms with van der Waals surface area (Å²) in [5.41, 5.74) is 4.31. The van der Waals surface area contributed by atoms with E-state index >= 15 is 0 Å². The van der Waals surface area contributed by atoms with Gasteiger partial charge in [-0.2, -0.15) is 0 Å². The Hall–Kier alpha value is -6.57. The number of benzene rings is 5. The van der Waals surface area contributed by atoms with Crippen molar-refractivity contribution in [3.8, 4) is 5.88 Å². The molecule has 2 heterocycles. The molecule has 1 fully saturated rings. The molecule has 61 heavy (non-hydrogen) atoms. The molecule has 1 N–H and O–H groups in total. The second-order valence-electron chi connectivity index (χ2n) is 14.7. The van der Waals surface area contributed by atoms with Crippen LogP contribution in [0.2, 0.25) is 0 Å². The Bertz CT molecular complexity index is 2440. The van der Waals surface area contributed by atoms with Gasteiger partial charge in [-0.05, 0) is 84.6 Å². The predicted molar refractivity (Wildman–Crippen MR) is 227 cm³/mol. The van der Waals surface area contributed by atoms with Crippen LogP contribution < -0.4 is 4.74 Å². The molecule has 0 amide bonds. The second-order valence-corrected chi connectivity index (χ2v) is 15.6. The Morgan fingerprint density at radius 3 is 1.62 bits per heavy atom. The van der Waals surface area contributed by atoms with Gasteiger partial charge in [0.15, 0.2) is 12.2 Å². The van der Waals surface area contributed by atoms with Gasteiger partial charge in [-0.3, -0.25) is 5.10 Å². The number of esters is 4. The Labute approximate surface area is 361 Å². The number of carbonyl (C=O) groups excluding carboxylic acids is 4. The standard InChI is InChI=1S/C48H43BrN2O10/c1-29(2)39-37(27-35-24-25-36(49)26-30(35)3)43(51-50-39)61-48-42(60-47(55)34-22-14-7-15-23-34)41(59-46(54)33-20-12-6-13-21-33)40(58-45(53)32-18-10-5-11-19-32)38(57-48)28-56-44(52)31-16-8-4-9-17-31/h4-26,29,38,40-42,48H,27-28H2,1-3H3,(H,50,51)/t38-,40-,41+,42-,48-/m1/s1. The number of aromatic amines is 1. The number of hydrogen-bond donors (Lipinski definition) is 1. The Morgan fingerprint density at radius 2 is 1.13 bits per heavy atom. The van der Waals surface area contributed by atoms with Crippen molar-refractivity contribution in [1.82, 2.24) is 10.2 Å². The fraction of sp³-hybridized carbons (Fsp3) is 0.229. The molecule has 0 radical (unpaired) electrons. The second kappa shape index (κ2) is 19.7. The largest absolute Gasteiger partial charge is 0.459 e. The van der Waals surface area contributed by atoms with Crippen LogP contribution in [0, 0.1) is 6.92 Å². The molecule has 7 rings (SSSR count). The van der Waals surface area contributed by atoms with Crippen molar-refractivity contribution in [2.45, 2.75) is 63.8 Å². The van der Waals surface area contributed by atoms with Gasteiger partial charge in [0.2, 0.25) is 18.3 Å². The zero-order valence-corrected chi connectivity index (χ0v) is 35.2. The van der Waals surface area contributed by atoms with E-state index in [0.29, 0.717) is 12.0 Å². The molecule has 1 saturated heterocycles. The smallest absolute Gasteiger partial charge is 0.338 e. The van der Waals surface area contributed by atoms with Gasteiger partial charge < -0.3 is 28.4 Å². The van der Waals surface area contributed by atoms with Crippen LogP contribution in [0.15, 0.2) is 144 Å². The zero-order valence-electron chi connectivity index (χ0n) is 33.6. The molecule has 0 saturated carbocycles. The first kappa shape index (κ1) is 42.6. The lowest BCUT2D eigenvalue weighted by Crippen LogP contribution is -2.64. The fourth-order valence-electron chi connectivity index (χ4n) is 6.89. The number of halogens is 1. The lowest BCUT2D eigenvalue weighted by molar-refractivity contribution is -0.276. The Kier molecular flexibility index (Phi) is 13.7. The molecule has 6 aromatic rings. The summed E-state index contributed by atoms with van der Waals surface area (Å²) in [4.78, 5) is 55.3. The van der Waals surface area contributed by atoms with Crippen molar-refractivity contribution in [1.29, 1.82) is 0 Å². The third-order valence-electron chi connectivity index (χ3n) is 10.1. The Balaban J connectivity index is 1.33. The van der Waals surface area contributed by atoms with E-state index in [1.165, 1.54) is 0 Å². The summed E-state index contributed by atoms with van der Waals surface area (Å²) in [5, 5.41) is 7.68. The number of ether oxygens (including phenoxy) is 6. The van der Waals surface area contributed by atoms with Gasteiger partial charge in [0.1, 0.15) is 12.7 Å². The number of carbonyl (C=O) groups is 4. The highest BCUT2D eigenvalue weighted by atomic mass is 79.9. The van der Waals surface area contributed by atoms with Crippen LogP contribution in [0.25, 0.3) is 0 Å². The lowest BCUT2D eigenvalue weighted by Gasteiger charge is -2.44. The molecule has 1 aliphatic rings. The molecule has 0 spiro atoms. The van der Waals surface area contributed by atoms with Crippen LogP contribution in [0.1, 0.15) is 83.6 Å². The number of rotatable bonds is 14. The molecule has 12 nitrogen and oxygen atoms in total. The monoisotopic (exact) mass is 886 g/mol. The van der Waals surface area contributed by atoms with Crippen LogP contribution in [-0.4, -0.2) is 71.4 Å². The van der Waals surface area contributed by atoms with Gasteiger partial charge in [-0.1, -0.05) is 109 Å². The normalized spacial score (nSPS) is 18.5. The summed E-state index contributed by atoms with van der Waals surface area (Å²) in [7, 11) is 0. The number of hydrogen-bond acceptors (Lipinski definition) is 11. The first-order valence-electron chi connectivity index (χ1n) is 19.7. The van der Waals surface area contributed by atoms with Crippen LogP contribution in [0.4, 0.5) is 0 Å². The summed E-state index contributed by atoms with van der Waals surface area (Å²) < 4.78 is 38.6. The summed E-state index contributed by atoms with van der Waals surface area (Å²) in [6, 6.07) is 38.8. The summed E-state index contributed by atoms with van der Waals surface area (Å²) in [5.74, 6) is -3.00. The molecule has 5 aromatic carbocycles. The first-order chi connectivity index (χ1) is 29.5. The minimum absolute atomic E-state index is 0.0129. The molecule has 312 valence electrons. The number of H-pyrrole nitrogens is 1. The van der Waals surface area contributed by atoms with E-state index in [0.717, 1.165) is 21.3 Å². The maximum atomic E-state index is 14.0. The van der Waals surface area contributed by atoms with Crippen molar-refractivity contribution in [3.63, 3.8) is 0 Å². The first-order valence-corrected chi connectivity index (χ1v) is 20.5. The van der Waals surface area contributed by atoms with E-state index < -0.39 is 61.2 Å². The van der Waals surface area contributed by atoms with Crippen LogP contribution >= 0.6 is 15.9 Å². The highest BCUT2D eigenvalue weighted by Gasteiger charge is 2.54. The van der Waals surface area contributed by atoms with Crippen molar-refractivity contribution in [2.24, 2.45) is 0 Å². The van der Waals surface area contributed by atoms with E-state index in [-0.39, 0.29) is 34.1 Å². The predicted octanol–water partition coefficient (Wildman–Crippen LogP) is 8.83. The van der Waals surface area contributed by atoms with E-state index in [9.17, 15) is 19.2 Å². The highest BCUT2D eigenvalue weighted by Crippen LogP contribution is 2.35. The fourth-order valence-corrected chi connectivity index (χ4v) is 7.36. The molecule has 5 atom stereocenters. The Morgan fingerprint density at radius 1 is 0.656 bits per heavy atom. The molecular formula is C48H43BrN2O10. The minimum Gasteiger partial charge on any atom is -0.459 e. The molecule has 0 unspecified atom stereocenters. The van der Waals surface area contributed by atoms with Gasteiger partial charge >= 0.3 is 23.9 Å². The lowest BCUT2D eigenvalue weighted by atomic mass is 9.96. The summed E-state index contributed by atoms with van der Waals surface area (Å²) in [6.07, 6.45) is -7.20. The van der Waals surface area contributed by atoms with Crippen molar-refractivity contribution >= 4 is 39.8 Å². The maximum absolute atomic E-state index is 14.0. The third-order valence-corrected chi connectivity index (χ3v) is 10.6. The molecule has 1 aromatic heterocycles. The number of aromatic nitrogens is 2. The van der Waals surface area contributed by atoms with Gasteiger partial charge in [0.25, 0.3) is 0 Å². The molecule has 0 aliphatic carbocycles. The quantitative estimate of drug-likeness (QED) is 0.0825. The van der Waals surface area contributed by atoms with Gasteiger partial charge in [0, 0.05) is 22.2 Å². The van der Waals surface area contributed by atoms with E-state index in [4.69, 9.17) is 28.4 Å². The topological polar surface area (TPSA) is 152 Å². The minimum atomic E-state index is -1.59. The highest BCUT2D eigenvalue weighted by molar-refractivity contribution is 9.10. The SMILES string of the molecule is Cc1cc(Br)ccc1Cc1c(O[C@H]2O[C@H](COC(=O)c3ccccc3)[C@@H](OC(=O)c3ccccc3)[C@H](OC(=O)c3ccccc3)[C@H]2OC(=O)c2ccccc2)n[nH]c1C(C)C. The van der Waals surface area contributed by atoms with Gasteiger partial charge in [-0.15, -0.1) is 5.10 Å². The van der Waals surface area contributed by atoms with Crippen molar-refractivity contribution < 1.29 is 47.6 Å². The molecular weight excluding hydrogens is 844 g/mol. The molecule has 13 heteroatoms. The number of nitrogens with one attached hydrogen (secondary N) is 1. The zero-order chi connectivity index (χ0) is 42.9. The van der Waals surface area contributed by atoms with Crippen LogP contribution in [0.3, 0.4) is 0 Å².